The van der Waals surface area contributed by atoms with E-state index in [9.17, 15) is 19.1 Å². The average molecular weight is 451 g/mol. The lowest BCUT2D eigenvalue weighted by Gasteiger charge is -2.44. The highest BCUT2D eigenvalue weighted by molar-refractivity contribution is 6.00. The Morgan fingerprint density at radius 3 is 2.45 bits per heavy atom. The van der Waals surface area contributed by atoms with E-state index in [1.807, 2.05) is 25.1 Å². The zero-order valence-electron chi connectivity index (χ0n) is 18.7. The molecule has 1 aliphatic heterocycles. The normalized spacial score (nSPS) is 18.9. The Labute approximate surface area is 192 Å². The first-order chi connectivity index (χ1) is 15.8. The molecule has 0 radical (unpaired) electrons. The first-order valence-electron chi connectivity index (χ1n) is 11.0. The summed E-state index contributed by atoms with van der Waals surface area (Å²) >= 11 is 0. The molecule has 6 nitrogen and oxygen atoms in total. The van der Waals surface area contributed by atoms with Crippen molar-refractivity contribution in [2.24, 2.45) is 0 Å². The van der Waals surface area contributed by atoms with Gasteiger partial charge in [-0.05, 0) is 43.0 Å². The van der Waals surface area contributed by atoms with Crippen molar-refractivity contribution < 1.29 is 23.8 Å². The number of nitrogens with zero attached hydrogens (tertiary/aromatic N) is 2. The Balaban J connectivity index is 1.44. The predicted molar refractivity (Wildman–Crippen MR) is 124 cm³/mol. The topological polar surface area (TPSA) is 70.1 Å². The molecule has 1 N–H and O–H groups in total. The lowest BCUT2D eigenvalue weighted by molar-refractivity contribution is -0.139. The molecule has 0 aliphatic carbocycles. The molecule has 1 aliphatic rings. The van der Waals surface area contributed by atoms with Crippen LogP contribution < -0.4 is 4.74 Å². The Morgan fingerprint density at radius 2 is 1.73 bits per heavy atom. The molecule has 0 saturated carbocycles. The van der Waals surface area contributed by atoms with E-state index in [-0.39, 0.29) is 41.7 Å². The maximum atomic E-state index is 13.2. The number of halogens is 1. The van der Waals surface area contributed by atoms with Crippen LogP contribution in [0.1, 0.15) is 29.8 Å². The van der Waals surface area contributed by atoms with Gasteiger partial charge in [0.2, 0.25) is 0 Å². The number of piperazine rings is 1. The van der Waals surface area contributed by atoms with Crippen LogP contribution in [0, 0.1) is 5.82 Å². The van der Waals surface area contributed by atoms with Gasteiger partial charge in [-0.25, -0.2) is 9.18 Å². The van der Waals surface area contributed by atoms with Gasteiger partial charge in [0.1, 0.15) is 17.1 Å². The van der Waals surface area contributed by atoms with Crippen LogP contribution in [0.15, 0.2) is 60.7 Å². The van der Waals surface area contributed by atoms with Crippen LogP contribution in [0.3, 0.4) is 0 Å². The predicted octanol–water partition coefficient (Wildman–Crippen LogP) is 4.18. The van der Waals surface area contributed by atoms with Gasteiger partial charge in [-0.3, -0.25) is 9.69 Å². The summed E-state index contributed by atoms with van der Waals surface area (Å²) in [6.07, 6.45) is 0. The first-order valence-corrected chi connectivity index (χ1v) is 11.0. The molecular weight excluding hydrogens is 423 g/mol. The number of hydrogen-bond acceptors (Lipinski definition) is 4. The smallest absolute Gasteiger partial charge is 0.339 e. The van der Waals surface area contributed by atoms with Gasteiger partial charge in [0.15, 0.2) is 6.61 Å². The molecule has 4 rings (SSSR count). The SMILES string of the molecule is C[C@@H]1CN(C(=O)COc2c(C(=O)O)ccc3ccccc23)[C@@H](C)CN1Cc1ccc(F)cc1. The summed E-state index contributed by atoms with van der Waals surface area (Å²) < 4.78 is 19.0. The quantitative estimate of drug-likeness (QED) is 0.610. The summed E-state index contributed by atoms with van der Waals surface area (Å²) in [5.74, 6) is -1.32. The van der Waals surface area contributed by atoms with Crippen molar-refractivity contribution in [1.29, 1.82) is 0 Å². The van der Waals surface area contributed by atoms with Gasteiger partial charge >= 0.3 is 5.97 Å². The molecule has 2 atom stereocenters. The number of fused-ring (bicyclic) bond motifs is 1. The number of carboxylic acid groups (broad SMARTS) is 1. The Bertz CT molecular complexity index is 1160. The van der Waals surface area contributed by atoms with Crippen LogP contribution in [-0.4, -0.2) is 58.6 Å². The van der Waals surface area contributed by atoms with E-state index < -0.39 is 5.97 Å². The molecule has 1 saturated heterocycles. The summed E-state index contributed by atoms with van der Waals surface area (Å²) in [5, 5.41) is 11.1. The van der Waals surface area contributed by atoms with E-state index in [1.165, 1.54) is 18.2 Å². The summed E-state index contributed by atoms with van der Waals surface area (Å²) in [6.45, 7) is 5.71. The molecule has 0 unspecified atom stereocenters. The first kappa shape index (κ1) is 22.7. The van der Waals surface area contributed by atoms with Gasteiger partial charge in [-0.2, -0.15) is 0 Å². The summed E-state index contributed by atoms with van der Waals surface area (Å²) in [7, 11) is 0. The monoisotopic (exact) mass is 450 g/mol. The number of rotatable bonds is 6. The van der Waals surface area contributed by atoms with Gasteiger partial charge in [0.05, 0.1) is 0 Å². The largest absolute Gasteiger partial charge is 0.482 e. The van der Waals surface area contributed by atoms with Crippen molar-refractivity contribution in [1.82, 2.24) is 9.80 Å². The van der Waals surface area contributed by atoms with Gasteiger partial charge in [-0.1, -0.05) is 42.5 Å². The Morgan fingerprint density at radius 1 is 1.00 bits per heavy atom. The van der Waals surface area contributed by atoms with Crippen LogP contribution in [-0.2, 0) is 11.3 Å². The fraction of sp³-hybridized carbons (Fsp3) is 0.308. The van der Waals surface area contributed by atoms with Gasteiger partial charge in [0, 0.05) is 37.1 Å². The minimum Gasteiger partial charge on any atom is -0.482 e. The molecule has 3 aromatic rings. The molecule has 0 bridgehead atoms. The highest BCUT2D eigenvalue weighted by atomic mass is 19.1. The summed E-state index contributed by atoms with van der Waals surface area (Å²) in [5.41, 5.74) is 1.06. The number of carbonyl (C=O) groups is 2. The van der Waals surface area contributed by atoms with Crippen LogP contribution in [0.4, 0.5) is 4.39 Å². The highest BCUT2D eigenvalue weighted by Gasteiger charge is 2.32. The van der Waals surface area contributed by atoms with Crippen molar-refractivity contribution in [3.63, 3.8) is 0 Å². The lowest BCUT2D eigenvalue weighted by atomic mass is 10.1. The Hall–Kier alpha value is -3.45. The van der Waals surface area contributed by atoms with Crippen LogP contribution in [0.25, 0.3) is 10.8 Å². The van der Waals surface area contributed by atoms with Gasteiger partial charge in [-0.15, -0.1) is 0 Å². The molecule has 1 heterocycles. The van der Waals surface area contributed by atoms with Crippen molar-refractivity contribution in [3.05, 3.63) is 77.6 Å². The lowest BCUT2D eigenvalue weighted by Crippen LogP contribution is -2.58. The number of benzene rings is 3. The second kappa shape index (κ2) is 9.58. The molecule has 3 aromatic carbocycles. The molecule has 172 valence electrons. The fourth-order valence-corrected chi connectivity index (χ4v) is 4.37. The van der Waals surface area contributed by atoms with E-state index in [4.69, 9.17) is 4.74 Å². The molecule has 33 heavy (non-hydrogen) atoms. The average Bonchev–Trinajstić information content (AvgIpc) is 2.80. The fourth-order valence-electron chi connectivity index (χ4n) is 4.37. The summed E-state index contributed by atoms with van der Waals surface area (Å²) in [4.78, 5) is 28.8. The van der Waals surface area contributed by atoms with E-state index in [0.29, 0.717) is 25.0 Å². The number of ether oxygens (including phenoxy) is 1. The van der Waals surface area contributed by atoms with Crippen molar-refractivity contribution in [2.45, 2.75) is 32.5 Å². The third-order valence-electron chi connectivity index (χ3n) is 6.18. The van der Waals surface area contributed by atoms with E-state index in [0.717, 1.165) is 10.9 Å². The second-order valence-corrected chi connectivity index (χ2v) is 8.56. The molecule has 0 spiro atoms. The van der Waals surface area contributed by atoms with E-state index in [1.54, 1.807) is 29.2 Å². The number of carbonyl (C=O) groups excluding carboxylic acids is 1. The minimum atomic E-state index is -1.10. The third kappa shape index (κ3) is 4.98. The molecule has 7 heteroatoms. The van der Waals surface area contributed by atoms with E-state index in [2.05, 4.69) is 11.8 Å². The maximum absolute atomic E-state index is 13.2. The molecule has 1 fully saturated rings. The van der Waals surface area contributed by atoms with Gasteiger partial charge < -0.3 is 14.7 Å². The highest BCUT2D eigenvalue weighted by Crippen LogP contribution is 2.30. The third-order valence-corrected chi connectivity index (χ3v) is 6.18. The molecule has 1 amide bonds. The van der Waals surface area contributed by atoms with Crippen LogP contribution in [0.5, 0.6) is 5.75 Å². The standard InChI is InChI=1S/C26H27FN2O4/c1-17-14-29(18(2)13-28(17)15-19-7-10-21(27)11-8-19)24(30)16-33-25-22-6-4-3-5-20(22)9-12-23(25)26(31)32/h3-12,17-18H,13-16H2,1-2H3,(H,31,32)/t17-,18+/m1/s1. The number of hydrogen-bond donors (Lipinski definition) is 1. The number of carboxylic acids is 1. The summed E-state index contributed by atoms with van der Waals surface area (Å²) in [6, 6.07) is 17.1. The second-order valence-electron chi connectivity index (χ2n) is 8.56. The van der Waals surface area contributed by atoms with Crippen molar-refractivity contribution in [3.8, 4) is 5.75 Å². The molecule has 0 aromatic heterocycles. The van der Waals surface area contributed by atoms with Crippen molar-refractivity contribution in [2.75, 3.05) is 19.7 Å². The maximum Gasteiger partial charge on any atom is 0.339 e. The minimum absolute atomic E-state index is 0.0343. The zero-order chi connectivity index (χ0) is 23.5. The zero-order valence-corrected chi connectivity index (χ0v) is 18.7. The van der Waals surface area contributed by atoms with Crippen LogP contribution >= 0.6 is 0 Å². The van der Waals surface area contributed by atoms with E-state index >= 15 is 0 Å². The van der Waals surface area contributed by atoms with Crippen LogP contribution in [0.2, 0.25) is 0 Å². The number of aromatic carboxylic acids is 1. The molecular formula is C26H27FN2O4. The number of amides is 1. The van der Waals surface area contributed by atoms with Gasteiger partial charge in [0.25, 0.3) is 5.91 Å². The Kier molecular flexibility index (Phi) is 6.60. The van der Waals surface area contributed by atoms with Crippen molar-refractivity contribution >= 4 is 22.6 Å².